The first-order valence-corrected chi connectivity index (χ1v) is 9.32. The van der Waals surface area contributed by atoms with Crippen molar-refractivity contribution in [3.63, 3.8) is 0 Å². The molecule has 5 heteroatoms. The maximum atomic E-state index is 6.03. The number of rotatable bonds is 2. The monoisotopic (exact) mass is 374 g/mol. The Kier molecular flexibility index (Phi) is 3.40. The van der Waals surface area contributed by atoms with Gasteiger partial charge >= 0.3 is 0 Å². The van der Waals surface area contributed by atoms with Gasteiger partial charge in [0.05, 0.1) is 22.1 Å². The second kappa shape index (κ2) is 6.21. The van der Waals surface area contributed by atoms with E-state index in [4.69, 9.17) is 14.7 Å². The molecule has 4 aromatic heterocycles. The lowest BCUT2D eigenvalue weighted by molar-refractivity contribution is 0.449. The van der Waals surface area contributed by atoms with E-state index < -0.39 is 0 Å². The van der Waals surface area contributed by atoms with Gasteiger partial charge in [-0.3, -0.25) is 9.97 Å². The van der Waals surface area contributed by atoms with Gasteiger partial charge in [0.2, 0.25) is 11.8 Å². The molecule has 0 saturated heterocycles. The minimum absolute atomic E-state index is 0.499. The number of pyridine rings is 4. The summed E-state index contributed by atoms with van der Waals surface area (Å²) < 4.78 is 6.03. The minimum atomic E-state index is 0.499. The van der Waals surface area contributed by atoms with Gasteiger partial charge in [0.25, 0.3) is 0 Å². The molecule has 0 spiro atoms. The summed E-state index contributed by atoms with van der Waals surface area (Å²) in [5.41, 5.74) is 3.55. The van der Waals surface area contributed by atoms with Gasteiger partial charge in [0.1, 0.15) is 0 Å². The first kappa shape index (κ1) is 15.9. The van der Waals surface area contributed by atoms with E-state index in [1.165, 1.54) is 0 Å². The van der Waals surface area contributed by atoms with Crippen molar-refractivity contribution < 1.29 is 4.74 Å². The Morgan fingerprint density at radius 3 is 1.52 bits per heavy atom. The van der Waals surface area contributed by atoms with Crippen molar-refractivity contribution in [3.8, 4) is 11.8 Å². The largest absolute Gasteiger partial charge is 0.421 e. The number of fused-ring (bicyclic) bond motifs is 6. The van der Waals surface area contributed by atoms with Crippen LogP contribution in [0.3, 0.4) is 0 Å². The molecule has 6 rings (SSSR count). The zero-order valence-electron chi connectivity index (χ0n) is 15.3. The third kappa shape index (κ3) is 2.63. The molecule has 0 atom stereocenters. The molecule has 0 saturated carbocycles. The van der Waals surface area contributed by atoms with Gasteiger partial charge in [-0.15, -0.1) is 0 Å². The first-order valence-electron chi connectivity index (χ1n) is 9.32. The van der Waals surface area contributed by atoms with Crippen molar-refractivity contribution in [2.24, 2.45) is 0 Å². The van der Waals surface area contributed by atoms with Crippen LogP contribution in [0.2, 0.25) is 0 Å². The van der Waals surface area contributed by atoms with Crippen LogP contribution in [0.15, 0.2) is 85.2 Å². The molecule has 0 aliphatic rings. The van der Waals surface area contributed by atoms with Crippen molar-refractivity contribution in [3.05, 3.63) is 85.2 Å². The average molecular weight is 374 g/mol. The Hall–Kier alpha value is -4.12. The molecular weight excluding hydrogens is 360 g/mol. The SMILES string of the molecule is c1cnc2ccc3ccc(Oc4ccc5ccc6ncccc6c5n4)nc3c2c1. The number of hydrogen-bond donors (Lipinski definition) is 0. The highest BCUT2D eigenvalue weighted by atomic mass is 16.5. The van der Waals surface area contributed by atoms with Crippen LogP contribution in [0.4, 0.5) is 0 Å². The summed E-state index contributed by atoms with van der Waals surface area (Å²) in [5.74, 6) is 0.998. The Morgan fingerprint density at radius 1 is 0.517 bits per heavy atom. The van der Waals surface area contributed by atoms with E-state index in [2.05, 4.69) is 9.97 Å². The lowest BCUT2D eigenvalue weighted by Gasteiger charge is -2.08. The summed E-state index contributed by atoms with van der Waals surface area (Å²) in [5, 5.41) is 4.08. The lowest BCUT2D eigenvalue weighted by Crippen LogP contribution is -1.93. The van der Waals surface area contributed by atoms with E-state index in [-0.39, 0.29) is 0 Å². The number of nitrogens with zero attached hydrogens (tertiary/aromatic N) is 4. The maximum absolute atomic E-state index is 6.03. The van der Waals surface area contributed by atoms with Crippen molar-refractivity contribution in [2.45, 2.75) is 0 Å². The Labute approximate surface area is 165 Å². The smallest absolute Gasteiger partial charge is 0.221 e. The van der Waals surface area contributed by atoms with Crippen LogP contribution in [0, 0.1) is 0 Å². The van der Waals surface area contributed by atoms with Gasteiger partial charge in [-0.05, 0) is 48.5 Å². The van der Waals surface area contributed by atoms with E-state index in [1.807, 2.05) is 72.8 Å². The molecule has 0 N–H and O–H groups in total. The highest BCUT2D eigenvalue weighted by Gasteiger charge is 2.08. The maximum Gasteiger partial charge on any atom is 0.221 e. The molecule has 0 radical (unpaired) electrons. The molecule has 6 aromatic rings. The number of ether oxygens (including phenoxy) is 1. The van der Waals surface area contributed by atoms with Gasteiger partial charge in [0.15, 0.2) is 0 Å². The summed E-state index contributed by atoms with van der Waals surface area (Å²) in [7, 11) is 0. The molecule has 0 fully saturated rings. The lowest BCUT2D eigenvalue weighted by atomic mass is 10.1. The van der Waals surface area contributed by atoms with Gasteiger partial charge in [0, 0.05) is 46.1 Å². The Bertz CT molecular complexity index is 1430. The van der Waals surface area contributed by atoms with Crippen LogP contribution in [0.25, 0.3) is 43.6 Å². The summed E-state index contributed by atoms with van der Waals surface area (Å²) in [6, 6.07) is 23.7. The van der Waals surface area contributed by atoms with E-state index in [9.17, 15) is 0 Å². The van der Waals surface area contributed by atoms with Gasteiger partial charge in [-0.25, -0.2) is 9.97 Å². The van der Waals surface area contributed by atoms with Crippen LogP contribution >= 0.6 is 0 Å². The summed E-state index contributed by atoms with van der Waals surface area (Å²) in [4.78, 5) is 18.3. The van der Waals surface area contributed by atoms with Crippen molar-refractivity contribution in [1.82, 2.24) is 19.9 Å². The fourth-order valence-electron chi connectivity index (χ4n) is 3.66. The zero-order valence-corrected chi connectivity index (χ0v) is 15.3. The van der Waals surface area contributed by atoms with Crippen LogP contribution in [-0.4, -0.2) is 19.9 Å². The van der Waals surface area contributed by atoms with Crippen LogP contribution in [0.1, 0.15) is 0 Å². The highest BCUT2D eigenvalue weighted by molar-refractivity contribution is 6.04. The third-order valence-corrected chi connectivity index (χ3v) is 5.04. The summed E-state index contributed by atoms with van der Waals surface area (Å²) >= 11 is 0. The Balaban J connectivity index is 1.48. The van der Waals surface area contributed by atoms with Crippen molar-refractivity contribution in [1.29, 1.82) is 0 Å². The van der Waals surface area contributed by atoms with Crippen LogP contribution < -0.4 is 4.74 Å². The highest BCUT2D eigenvalue weighted by Crippen LogP contribution is 2.29. The molecule has 4 heterocycles. The fraction of sp³-hybridized carbons (Fsp3) is 0. The normalized spacial score (nSPS) is 11.4. The Morgan fingerprint density at radius 2 is 1.00 bits per heavy atom. The minimum Gasteiger partial charge on any atom is -0.421 e. The fourth-order valence-corrected chi connectivity index (χ4v) is 3.66. The second-order valence-corrected chi connectivity index (χ2v) is 6.82. The molecule has 0 amide bonds. The summed E-state index contributed by atoms with van der Waals surface area (Å²) in [6.45, 7) is 0. The van der Waals surface area contributed by atoms with Gasteiger partial charge in [-0.1, -0.05) is 12.1 Å². The molecule has 0 aliphatic heterocycles. The van der Waals surface area contributed by atoms with E-state index >= 15 is 0 Å². The van der Waals surface area contributed by atoms with Crippen molar-refractivity contribution >= 4 is 43.6 Å². The molecule has 136 valence electrons. The van der Waals surface area contributed by atoms with Crippen molar-refractivity contribution in [2.75, 3.05) is 0 Å². The van der Waals surface area contributed by atoms with E-state index in [1.54, 1.807) is 12.4 Å². The first-order chi connectivity index (χ1) is 14.3. The molecule has 0 unspecified atom stereocenters. The van der Waals surface area contributed by atoms with Crippen LogP contribution in [-0.2, 0) is 0 Å². The molecule has 2 aromatic carbocycles. The van der Waals surface area contributed by atoms with Crippen LogP contribution in [0.5, 0.6) is 11.8 Å². The number of hydrogen-bond acceptors (Lipinski definition) is 5. The number of aromatic nitrogens is 4. The second-order valence-electron chi connectivity index (χ2n) is 6.82. The molecular formula is C24H14N4O. The molecule has 0 aliphatic carbocycles. The summed E-state index contributed by atoms with van der Waals surface area (Å²) in [6.07, 6.45) is 3.57. The predicted molar refractivity (Wildman–Crippen MR) is 114 cm³/mol. The third-order valence-electron chi connectivity index (χ3n) is 5.04. The van der Waals surface area contributed by atoms with E-state index in [0.717, 1.165) is 43.6 Å². The van der Waals surface area contributed by atoms with Gasteiger partial charge < -0.3 is 4.74 Å². The molecule has 29 heavy (non-hydrogen) atoms. The average Bonchev–Trinajstić information content (AvgIpc) is 2.79. The van der Waals surface area contributed by atoms with E-state index in [0.29, 0.717) is 11.8 Å². The standard InChI is InChI=1S/C24H14N4O/c1-3-17-19(25-13-1)9-5-15-7-11-21(27-23(15)17)29-22-12-8-16-6-10-20-18(24(16)28-22)4-2-14-26-20/h1-14H. The quantitative estimate of drug-likeness (QED) is 0.365. The molecule has 5 nitrogen and oxygen atoms in total. The topological polar surface area (TPSA) is 60.8 Å². The van der Waals surface area contributed by atoms with Gasteiger partial charge in [-0.2, -0.15) is 0 Å². The predicted octanol–water partition coefficient (Wildman–Crippen LogP) is 5.67. The molecule has 0 bridgehead atoms. The number of benzene rings is 2. The zero-order chi connectivity index (χ0) is 19.2.